The summed E-state index contributed by atoms with van der Waals surface area (Å²) in [5.74, 6) is -2.37. The summed E-state index contributed by atoms with van der Waals surface area (Å²) in [6.07, 6.45) is 11.3. The molecule has 232 valence electrons. The molecule has 7 nitrogen and oxygen atoms in total. The number of methoxy groups -OCH3 is 1. The van der Waals surface area contributed by atoms with Gasteiger partial charge < -0.3 is 19.6 Å². The number of Topliss-reactive ketones (excluding diaryl/α,β-unsaturated/α-hetero) is 1. The third-order valence-corrected chi connectivity index (χ3v) is 8.28. The number of carbonyl (C=O) groups is 1. The number of aromatic nitrogens is 2. The Bertz CT molecular complexity index is 1570. The van der Waals surface area contributed by atoms with Gasteiger partial charge >= 0.3 is 0 Å². The fraction of sp³-hybridized carbons (Fsp3) is 0.382. The second-order valence-corrected chi connectivity index (χ2v) is 11.6. The molecule has 0 amide bonds. The van der Waals surface area contributed by atoms with Crippen LogP contribution in [0.4, 0.5) is 19.1 Å². The van der Waals surface area contributed by atoms with Crippen LogP contribution in [-0.2, 0) is 27.8 Å². The van der Waals surface area contributed by atoms with E-state index in [9.17, 15) is 23.1 Å². The molecule has 1 fully saturated rings. The Hall–Kier alpha value is -4.18. The summed E-state index contributed by atoms with van der Waals surface area (Å²) in [7, 11) is 1.59. The van der Waals surface area contributed by atoms with E-state index in [0.29, 0.717) is 60.2 Å². The lowest BCUT2D eigenvalue weighted by Crippen LogP contribution is -2.30. The number of anilines is 1. The van der Waals surface area contributed by atoms with Crippen molar-refractivity contribution in [3.8, 4) is 11.1 Å². The molecule has 2 aliphatic carbocycles. The molecule has 1 saturated carbocycles. The number of nitrogens with zero attached hydrogens (tertiary/aromatic N) is 2. The number of alkyl halides is 2. The molecule has 1 unspecified atom stereocenters. The second-order valence-electron chi connectivity index (χ2n) is 11.6. The quantitative estimate of drug-likeness (QED) is 0.178. The predicted octanol–water partition coefficient (Wildman–Crippen LogP) is 7.09. The van der Waals surface area contributed by atoms with E-state index in [1.807, 2.05) is 12.2 Å². The number of aliphatic hydroxyl groups is 1. The van der Waals surface area contributed by atoms with E-state index in [2.05, 4.69) is 21.9 Å². The van der Waals surface area contributed by atoms with Gasteiger partial charge in [0, 0.05) is 36.7 Å². The van der Waals surface area contributed by atoms with Gasteiger partial charge in [-0.1, -0.05) is 18.7 Å². The maximum absolute atomic E-state index is 15.0. The number of aryl methyl sites for hydroxylation is 1. The Kier molecular flexibility index (Phi) is 9.10. The standard InChI is InChI=1S/C34H36F3N3O4/c1-4-34(36,37)33(11-12-33)31-15-23(20-44-31)7-10-27(42)16-25-9-8-24(17-28(25)35)26-18-38-32(39-19-26)40-29-13-22(6-5-21(2)41)14-30(29)43-3/h4,8-9,13-15,17-22,41H,1,5-7,10-12,16H2,2-3H3,(H,38,39,40)/t21-,22?/m1/s1. The predicted molar refractivity (Wildman–Crippen MR) is 160 cm³/mol. The van der Waals surface area contributed by atoms with Crippen LogP contribution < -0.4 is 5.32 Å². The lowest BCUT2D eigenvalue weighted by molar-refractivity contribution is -0.118. The average molecular weight is 608 g/mol. The Morgan fingerprint density at radius 2 is 2.00 bits per heavy atom. The van der Waals surface area contributed by atoms with E-state index >= 15 is 0 Å². The van der Waals surface area contributed by atoms with E-state index in [1.54, 1.807) is 44.6 Å². The van der Waals surface area contributed by atoms with Gasteiger partial charge in [0.25, 0.3) is 5.92 Å². The number of hydrogen-bond acceptors (Lipinski definition) is 7. The molecular weight excluding hydrogens is 571 g/mol. The first kappa shape index (κ1) is 31.3. The van der Waals surface area contributed by atoms with Crippen LogP contribution in [0.3, 0.4) is 0 Å². The Balaban J connectivity index is 1.15. The first-order valence-corrected chi connectivity index (χ1v) is 14.7. The van der Waals surface area contributed by atoms with E-state index in [1.165, 1.54) is 12.3 Å². The van der Waals surface area contributed by atoms with E-state index in [0.717, 1.165) is 12.1 Å². The van der Waals surface area contributed by atoms with Crippen LogP contribution in [0.1, 0.15) is 55.9 Å². The smallest absolute Gasteiger partial charge is 0.278 e. The molecular formula is C34H36F3N3O4. The van der Waals surface area contributed by atoms with E-state index in [-0.39, 0.29) is 42.0 Å². The molecule has 0 radical (unpaired) electrons. The minimum Gasteiger partial charge on any atom is -0.495 e. The largest absolute Gasteiger partial charge is 0.495 e. The van der Waals surface area contributed by atoms with Crippen molar-refractivity contribution in [3.63, 3.8) is 0 Å². The monoisotopic (exact) mass is 607 g/mol. The fourth-order valence-electron chi connectivity index (χ4n) is 5.45. The molecule has 2 aliphatic rings. The molecule has 44 heavy (non-hydrogen) atoms. The van der Waals surface area contributed by atoms with Gasteiger partial charge in [0.1, 0.15) is 23.1 Å². The molecule has 10 heteroatoms. The molecule has 0 bridgehead atoms. The van der Waals surface area contributed by atoms with Gasteiger partial charge in [-0.2, -0.15) is 0 Å². The number of rotatable bonds is 15. The summed E-state index contributed by atoms with van der Waals surface area (Å²) in [6, 6.07) is 6.23. The summed E-state index contributed by atoms with van der Waals surface area (Å²) in [5.41, 5.74) is 1.50. The molecule has 5 rings (SSSR count). The van der Waals surface area contributed by atoms with Gasteiger partial charge in [0.15, 0.2) is 0 Å². The molecule has 2 heterocycles. The number of carbonyl (C=O) groups excluding carboxylic acids is 1. The second kappa shape index (κ2) is 12.8. The van der Waals surface area contributed by atoms with Crippen molar-refractivity contribution < 1.29 is 32.2 Å². The van der Waals surface area contributed by atoms with E-state index < -0.39 is 17.2 Å². The van der Waals surface area contributed by atoms with Crippen LogP contribution in [0.5, 0.6) is 0 Å². The maximum atomic E-state index is 15.0. The van der Waals surface area contributed by atoms with Crippen molar-refractivity contribution in [3.05, 3.63) is 102 Å². The van der Waals surface area contributed by atoms with Crippen LogP contribution in [0.15, 0.2) is 83.6 Å². The number of allylic oxidation sites excluding steroid dienone is 3. The first-order chi connectivity index (χ1) is 21.0. The van der Waals surface area contributed by atoms with E-state index in [4.69, 9.17) is 9.15 Å². The summed E-state index contributed by atoms with van der Waals surface area (Å²) in [4.78, 5) is 21.4. The number of furan rings is 1. The molecule has 1 aromatic carbocycles. The van der Waals surface area contributed by atoms with Crippen LogP contribution in [-0.4, -0.2) is 40.0 Å². The Labute approximate surface area is 254 Å². The van der Waals surface area contributed by atoms with Crippen molar-refractivity contribution in [2.75, 3.05) is 12.4 Å². The molecule has 0 aliphatic heterocycles. The molecule has 2 N–H and O–H groups in total. The topological polar surface area (TPSA) is 97.5 Å². The number of ether oxygens (including phenoxy) is 1. The molecule has 2 aromatic heterocycles. The molecule has 0 spiro atoms. The summed E-state index contributed by atoms with van der Waals surface area (Å²) < 4.78 is 54.5. The number of halogens is 3. The van der Waals surface area contributed by atoms with Gasteiger partial charge in [-0.05, 0) is 86.1 Å². The van der Waals surface area contributed by atoms with Crippen molar-refractivity contribution in [2.45, 2.75) is 69.3 Å². The van der Waals surface area contributed by atoms with Crippen LogP contribution in [0.25, 0.3) is 11.1 Å². The SMILES string of the molecule is C=CC(F)(F)C1(c2cc(CCC(=O)Cc3ccc(-c4cnc(NC5=CC(CC[C@@H](C)O)C=C5OC)nc4)cc3F)co2)CC1. The highest BCUT2D eigenvalue weighted by molar-refractivity contribution is 5.81. The van der Waals surface area contributed by atoms with Crippen molar-refractivity contribution in [1.29, 1.82) is 0 Å². The Morgan fingerprint density at radius 3 is 2.64 bits per heavy atom. The third kappa shape index (κ3) is 6.80. The lowest BCUT2D eigenvalue weighted by atomic mass is 9.94. The van der Waals surface area contributed by atoms with Crippen molar-refractivity contribution >= 4 is 11.7 Å². The van der Waals surface area contributed by atoms with Gasteiger partial charge in [-0.25, -0.2) is 23.1 Å². The fourth-order valence-corrected chi connectivity index (χ4v) is 5.45. The first-order valence-electron chi connectivity index (χ1n) is 14.7. The molecule has 0 saturated heterocycles. The minimum atomic E-state index is -3.06. The maximum Gasteiger partial charge on any atom is 0.278 e. The van der Waals surface area contributed by atoms with Gasteiger partial charge in [0.2, 0.25) is 5.95 Å². The zero-order chi connectivity index (χ0) is 31.5. The van der Waals surface area contributed by atoms with Crippen molar-refractivity contribution in [1.82, 2.24) is 9.97 Å². The van der Waals surface area contributed by atoms with Gasteiger partial charge in [-0.15, -0.1) is 0 Å². The van der Waals surface area contributed by atoms with Crippen LogP contribution in [0, 0.1) is 11.7 Å². The molecule has 2 atom stereocenters. The number of ketones is 1. The summed E-state index contributed by atoms with van der Waals surface area (Å²) in [5, 5.41) is 12.7. The number of nitrogens with one attached hydrogen (secondary N) is 1. The van der Waals surface area contributed by atoms with Crippen molar-refractivity contribution in [2.24, 2.45) is 5.92 Å². The summed E-state index contributed by atoms with van der Waals surface area (Å²) >= 11 is 0. The minimum absolute atomic E-state index is 0.0860. The Morgan fingerprint density at radius 1 is 1.25 bits per heavy atom. The van der Waals surface area contributed by atoms with Crippen LogP contribution >= 0.6 is 0 Å². The lowest BCUT2D eigenvalue weighted by Gasteiger charge is -2.21. The summed E-state index contributed by atoms with van der Waals surface area (Å²) in [6.45, 7) is 5.01. The number of hydrogen-bond donors (Lipinski definition) is 2. The zero-order valence-electron chi connectivity index (χ0n) is 24.8. The van der Waals surface area contributed by atoms with Gasteiger partial charge in [0.05, 0.1) is 30.6 Å². The van der Waals surface area contributed by atoms with Crippen LogP contribution in [0.2, 0.25) is 0 Å². The van der Waals surface area contributed by atoms with Gasteiger partial charge in [-0.3, -0.25) is 4.79 Å². The highest BCUT2D eigenvalue weighted by Gasteiger charge is 2.63. The third-order valence-electron chi connectivity index (χ3n) is 8.28. The highest BCUT2D eigenvalue weighted by atomic mass is 19.3. The number of benzene rings is 1. The highest BCUT2D eigenvalue weighted by Crippen LogP contribution is 2.59. The zero-order valence-corrected chi connectivity index (χ0v) is 24.8. The normalized spacial score (nSPS) is 17.9. The average Bonchev–Trinajstić information content (AvgIpc) is 3.54. The molecule has 3 aromatic rings. The number of aliphatic hydroxyl groups excluding tert-OH is 1.